The van der Waals surface area contributed by atoms with Crippen molar-refractivity contribution < 1.29 is 9.47 Å². The molecule has 16 heavy (non-hydrogen) atoms. The van der Waals surface area contributed by atoms with Crippen LogP contribution in [0.2, 0.25) is 5.02 Å². The van der Waals surface area contributed by atoms with E-state index in [1.807, 2.05) is 19.1 Å². The molecule has 0 spiro atoms. The number of aryl methyl sites for hydroxylation is 1. The second-order valence-electron chi connectivity index (χ2n) is 4.23. The number of hydrogen-bond acceptors (Lipinski definition) is 3. The van der Waals surface area contributed by atoms with E-state index in [1.165, 1.54) is 0 Å². The summed E-state index contributed by atoms with van der Waals surface area (Å²) in [6.45, 7) is 3.37. The Morgan fingerprint density at radius 1 is 1.50 bits per heavy atom. The van der Waals surface area contributed by atoms with Gasteiger partial charge in [-0.25, -0.2) is 0 Å². The molecule has 0 N–H and O–H groups in total. The number of thiol groups is 1. The van der Waals surface area contributed by atoms with Crippen LogP contribution in [-0.4, -0.2) is 26.1 Å². The third-order valence-corrected chi connectivity index (χ3v) is 3.90. The van der Waals surface area contributed by atoms with Gasteiger partial charge in [0.15, 0.2) is 0 Å². The van der Waals surface area contributed by atoms with Crippen LogP contribution in [0.15, 0.2) is 12.1 Å². The number of halogens is 1. The van der Waals surface area contributed by atoms with E-state index in [0.717, 1.165) is 27.7 Å². The van der Waals surface area contributed by atoms with Gasteiger partial charge < -0.3 is 9.47 Å². The molecule has 0 bridgehead atoms. The van der Waals surface area contributed by atoms with Gasteiger partial charge in [-0.05, 0) is 24.6 Å². The van der Waals surface area contributed by atoms with Crippen LogP contribution in [0.4, 0.5) is 0 Å². The molecule has 0 amide bonds. The highest BCUT2D eigenvalue weighted by Gasteiger charge is 2.41. The summed E-state index contributed by atoms with van der Waals surface area (Å²) in [7, 11) is 1.69. The van der Waals surface area contributed by atoms with Gasteiger partial charge in [-0.15, -0.1) is 0 Å². The fourth-order valence-corrected chi connectivity index (χ4v) is 2.70. The van der Waals surface area contributed by atoms with Crippen LogP contribution in [0.5, 0.6) is 5.75 Å². The van der Waals surface area contributed by atoms with Crippen LogP contribution < -0.4 is 4.74 Å². The zero-order valence-electron chi connectivity index (χ0n) is 9.42. The topological polar surface area (TPSA) is 18.5 Å². The zero-order chi connectivity index (χ0) is 11.8. The second-order valence-corrected chi connectivity index (χ2v) is 4.99. The van der Waals surface area contributed by atoms with E-state index < -0.39 is 0 Å². The molecular formula is C12H15ClO2S. The Morgan fingerprint density at radius 3 is 2.62 bits per heavy atom. The normalized spacial score (nSPS) is 18.0. The van der Waals surface area contributed by atoms with E-state index in [9.17, 15) is 0 Å². The first-order valence-electron chi connectivity index (χ1n) is 5.16. The minimum absolute atomic E-state index is 0.0376. The third-order valence-electron chi connectivity index (χ3n) is 3.07. The summed E-state index contributed by atoms with van der Waals surface area (Å²) in [4.78, 5) is 0. The molecule has 1 aliphatic heterocycles. The lowest BCUT2D eigenvalue weighted by atomic mass is 9.79. The van der Waals surface area contributed by atoms with Gasteiger partial charge in [-0.2, -0.15) is 12.6 Å². The predicted octanol–water partition coefficient (Wildman–Crippen LogP) is 2.85. The van der Waals surface area contributed by atoms with E-state index in [1.54, 1.807) is 7.11 Å². The maximum atomic E-state index is 6.10. The highest BCUT2D eigenvalue weighted by Crippen LogP contribution is 2.41. The van der Waals surface area contributed by atoms with Crippen molar-refractivity contribution in [3.8, 4) is 5.75 Å². The van der Waals surface area contributed by atoms with Crippen LogP contribution in [0.25, 0.3) is 0 Å². The number of methoxy groups -OCH3 is 1. The van der Waals surface area contributed by atoms with Gasteiger partial charge in [0.25, 0.3) is 0 Å². The van der Waals surface area contributed by atoms with E-state index in [2.05, 4.69) is 12.6 Å². The van der Waals surface area contributed by atoms with Crippen LogP contribution in [0.3, 0.4) is 0 Å². The summed E-state index contributed by atoms with van der Waals surface area (Å²) in [6.07, 6.45) is 0. The Bertz CT molecular complexity index is 397. The van der Waals surface area contributed by atoms with E-state index in [4.69, 9.17) is 21.1 Å². The lowest BCUT2D eigenvalue weighted by Gasteiger charge is -2.41. The number of rotatable bonds is 3. The van der Waals surface area contributed by atoms with E-state index in [-0.39, 0.29) is 5.41 Å². The second kappa shape index (κ2) is 4.47. The fraction of sp³-hybridized carbons (Fsp3) is 0.500. The summed E-state index contributed by atoms with van der Waals surface area (Å²) >= 11 is 10.5. The summed E-state index contributed by atoms with van der Waals surface area (Å²) in [6, 6.07) is 3.88. The van der Waals surface area contributed by atoms with Gasteiger partial charge in [0.2, 0.25) is 0 Å². The monoisotopic (exact) mass is 258 g/mol. The molecule has 1 aliphatic rings. The first-order valence-corrected chi connectivity index (χ1v) is 6.17. The lowest BCUT2D eigenvalue weighted by Crippen LogP contribution is -2.48. The van der Waals surface area contributed by atoms with Crippen LogP contribution in [0, 0.1) is 6.92 Å². The molecule has 0 atom stereocenters. The molecule has 2 rings (SSSR count). The molecule has 1 heterocycles. The smallest absolute Gasteiger partial charge is 0.125 e. The lowest BCUT2D eigenvalue weighted by molar-refractivity contribution is -0.0480. The molecule has 1 aromatic rings. The van der Waals surface area contributed by atoms with Crippen molar-refractivity contribution in [2.75, 3.05) is 26.1 Å². The van der Waals surface area contributed by atoms with Gasteiger partial charge in [-0.3, -0.25) is 0 Å². The Kier molecular flexibility index (Phi) is 3.38. The van der Waals surface area contributed by atoms with Gasteiger partial charge >= 0.3 is 0 Å². The Balaban J connectivity index is 2.53. The van der Waals surface area contributed by atoms with Crippen LogP contribution in [-0.2, 0) is 10.2 Å². The number of ether oxygens (including phenoxy) is 2. The van der Waals surface area contributed by atoms with Crippen molar-refractivity contribution in [2.24, 2.45) is 0 Å². The maximum Gasteiger partial charge on any atom is 0.125 e. The number of hydrogen-bond donors (Lipinski definition) is 1. The quantitative estimate of drug-likeness (QED) is 0.841. The number of benzene rings is 1. The average Bonchev–Trinajstić information content (AvgIpc) is 2.16. The molecule has 88 valence electrons. The van der Waals surface area contributed by atoms with Gasteiger partial charge in [0.1, 0.15) is 5.75 Å². The molecule has 0 saturated carbocycles. The summed E-state index contributed by atoms with van der Waals surface area (Å²) < 4.78 is 10.8. The summed E-state index contributed by atoms with van der Waals surface area (Å²) in [5.41, 5.74) is 2.13. The molecule has 1 fully saturated rings. The molecule has 0 aliphatic carbocycles. The standard InChI is InChI=1S/C12H15ClO2S/c1-8-3-9(13)4-10(11(8)14-2)12(7-16)5-15-6-12/h3-4,16H,5-7H2,1-2H3. The molecule has 1 aromatic carbocycles. The molecule has 2 nitrogen and oxygen atoms in total. The minimum atomic E-state index is -0.0376. The van der Waals surface area contributed by atoms with Crippen molar-refractivity contribution in [3.05, 3.63) is 28.3 Å². The Hall–Kier alpha value is -0.380. The third kappa shape index (κ3) is 1.81. The van der Waals surface area contributed by atoms with Crippen LogP contribution >= 0.6 is 24.2 Å². The van der Waals surface area contributed by atoms with Crippen LogP contribution in [0.1, 0.15) is 11.1 Å². The Morgan fingerprint density at radius 2 is 2.19 bits per heavy atom. The zero-order valence-corrected chi connectivity index (χ0v) is 11.1. The predicted molar refractivity (Wildman–Crippen MR) is 69.1 cm³/mol. The molecule has 0 radical (unpaired) electrons. The fourth-order valence-electron chi connectivity index (χ4n) is 2.08. The molecule has 0 unspecified atom stereocenters. The summed E-state index contributed by atoms with van der Waals surface area (Å²) in [5, 5.41) is 0.737. The van der Waals surface area contributed by atoms with Crippen molar-refractivity contribution >= 4 is 24.2 Å². The maximum absolute atomic E-state index is 6.10. The average molecular weight is 259 g/mol. The van der Waals surface area contributed by atoms with Crippen molar-refractivity contribution in [3.63, 3.8) is 0 Å². The molecule has 0 aromatic heterocycles. The Labute approximate surface area is 106 Å². The highest BCUT2D eigenvalue weighted by atomic mass is 35.5. The van der Waals surface area contributed by atoms with E-state index >= 15 is 0 Å². The molecule has 4 heteroatoms. The van der Waals surface area contributed by atoms with Gasteiger partial charge in [0, 0.05) is 16.3 Å². The van der Waals surface area contributed by atoms with Gasteiger partial charge in [-0.1, -0.05) is 11.6 Å². The molecule has 1 saturated heterocycles. The van der Waals surface area contributed by atoms with Gasteiger partial charge in [0.05, 0.1) is 25.7 Å². The van der Waals surface area contributed by atoms with E-state index in [0.29, 0.717) is 13.2 Å². The SMILES string of the molecule is COc1c(C)cc(Cl)cc1C1(CS)COC1. The first kappa shape index (κ1) is 12.1. The largest absolute Gasteiger partial charge is 0.496 e. The highest BCUT2D eigenvalue weighted by molar-refractivity contribution is 7.80. The van der Waals surface area contributed by atoms with Crippen molar-refractivity contribution in [1.82, 2.24) is 0 Å². The first-order chi connectivity index (χ1) is 7.63. The van der Waals surface area contributed by atoms with Crippen molar-refractivity contribution in [1.29, 1.82) is 0 Å². The minimum Gasteiger partial charge on any atom is -0.496 e. The molecular weight excluding hydrogens is 244 g/mol. The van der Waals surface area contributed by atoms with Crippen molar-refractivity contribution in [2.45, 2.75) is 12.3 Å². The summed E-state index contributed by atoms with van der Waals surface area (Å²) in [5.74, 6) is 1.64.